The van der Waals surface area contributed by atoms with Crippen molar-refractivity contribution in [2.45, 2.75) is 146 Å². The summed E-state index contributed by atoms with van der Waals surface area (Å²) < 4.78 is 13.7. The van der Waals surface area contributed by atoms with Gasteiger partial charge in [0.1, 0.15) is 5.41 Å². The molecule has 4 aliphatic carbocycles. The summed E-state index contributed by atoms with van der Waals surface area (Å²) in [6.45, 7) is 8.68. The Labute approximate surface area is 327 Å². The van der Waals surface area contributed by atoms with Gasteiger partial charge in [-0.25, -0.2) is 4.79 Å². The zero-order chi connectivity index (χ0) is 37.4. The Balaban J connectivity index is 1.13. The minimum Gasteiger partial charge on any atom is -0.453 e. The largest absolute Gasteiger partial charge is 0.453 e. The maximum Gasteiger partial charge on any atom is 0.339 e. The molecule has 10 bridgehead atoms. The normalized spacial score (nSPS) is 47.8. The maximum atomic E-state index is 15.6. The van der Waals surface area contributed by atoms with E-state index < -0.39 is 22.5 Å². The summed E-state index contributed by atoms with van der Waals surface area (Å²) in [5.74, 6) is 2.96. The van der Waals surface area contributed by atoms with Gasteiger partial charge >= 0.3 is 11.9 Å². The summed E-state index contributed by atoms with van der Waals surface area (Å²) in [5, 5.41) is 0. The van der Waals surface area contributed by atoms with E-state index in [0.29, 0.717) is 73.0 Å². The molecule has 2 spiro atoms. The first-order valence-electron chi connectivity index (χ1n) is 22.9. The number of fused-ring (bicyclic) bond motifs is 2. The Morgan fingerprint density at radius 2 is 1.85 bits per heavy atom. The van der Waals surface area contributed by atoms with Crippen LogP contribution in [0.5, 0.6) is 0 Å². The van der Waals surface area contributed by atoms with Gasteiger partial charge in [0.05, 0.1) is 29.6 Å². The summed E-state index contributed by atoms with van der Waals surface area (Å²) in [6, 6.07) is 7.68. The standard InChI is InChI=1S/C47H63N3O5/c1-3-8-39-45-23-32-16-17-46(45,47(39)35-13-6-11-30(12-7-18-48)40(35)43(52)55-47)42(54-44(45)53)38(51)22-37(29-9-4-5-10-29)49-24-28-21-33(26-49)36-15-14-31-19-27(2)20-34(32)41(31)50(36)25-28/h6,11,13,23,27-29,31,33-34,36-37,39,41-42H,3-5,7-10,12,14-22,24-26,48H2,1-2H3/p+1/t27-,28+,31-,33+,34+,36-,37+,39-,41?,42-,45+,46-,47+/m1/s1. The maximum absolute atomic E-state index is 15.6. The molecule has 9 heterocycles. The molecule has 3 saturated carbocycles. The zero-order valence-electron chi connectivity index (χ0n) is 33.4. The van der Waals surface area contributed by atoms with Crippen LogP contribution in [0.1, 0.15) is 132 Å². The summed E-state index contributed by atoms with van der Waals surface area (Å²) in [4.78, 5) is 49.9. The number of aryl methyl sites for hydroxylation is 1. The number of rotatable bonds is 6. The van der Waals surface area contributed by atoms with Crippen LogP contribution in [-0.4, -0.2) is 73.0 Å². The third-order valence-electron chi connectivity index (χ3n) is 18.2. The molecule has 55 heavy (non-hydrogen) atoms. The van der Waals surface area contributed by atoms with Crippen LogP contribution in [-0.2, 0) is 31.1 Å². The average molecular weight is 751 g/mol. The first kappa shape index (κ1) is 35.6. The van der Waals surface area contributed by atoms with Crippen molar-refractivity contribution in [1.29, 1.82) is 0 Å². The SMILES string of the molecule is CCC[C@@H]1[C@]23C=C4CC[C@]2([C@H](OC3=O)C(=O)C[C@@H](C2CCCC2)N2C[C@@H]3C[C@@H](C2)[C@H]2CC[C@@H]5C[C@@H](C)C[C@@H]4C5[NH+]2C3)[C@@]12OC(=O)c1c(CCCN)cccc12. The molecule has 15 atom stereocenters. The first-order chi connectivity index (χ1) is 26.8. The number of carbonyl (C=O) groups excluding carboxylic acids is 3. The predicted octanol–water partition coefficient (Wildman–Crippen LogP) is 5.55. The Hall–Kier alpha value is -2.55. The average Bonchev–Trinajstić information content (AvgIpc) is 3.89. The van der Waals surface area contributed by atoms with Crippen LogP contribution in [0.25, 0.3) is 0 Å². The van der Waals surface area contributed by atoms with Crippen molar-refractivity contribution in [2.75, 3.05) is 26.2 Å². The zero-order valence-corrected chi connectivity index (χ0v) is 33.4. The van der Waals surface area contributed by atoms with E-state index in [9.17, 15) is 4.79 Å². The van der Waals surface area contributed by atoms with Crippen LogP contribution in [0.15, 0.2) is 29.8 Å². The van der Waals surface area contributed by atoms with Gasteiger partial charge in [-0.1, -0.05) is 63.0 Å². The van der Waals surface area contributed by atoms with Crippen LogP contribution < -0.4 is 10.6 Å². The first-order valence-corrected chi connectivity index (χ1v) is 22.9. The molecule has 0 aromatic heterocycles. The highest BCUT2D eigenvalue weighted by atomic mass is 16.6. The van der Waals surface area contributed by atoms with E-state index in [2.05, 4.69) is 37.0 Å². The molecule has 6 saturated heterocycles. The molecule has 1 aromatic rings. The molecule has 1 aromatic carbocycles. The number of quaternary nitrogens is 1. The molecule has 0 amide bonds. The number of piperidine rings is 3. The van der Waals surface area contributed by atoms with E-state index >= 15 is 9.59 Å². The van der Waals surface area contributed by atoms with Crippen LogP contribution in [0, 0.1) is 52.3 Å². The summed E-state index contributed by atoms with van der Waals surface area (Å²) in [6.07, 6.45) is 17.8. The highest BCUT2D eigenvalue weighted by molar-refractivity contribution is 6.01. The molecule has 3 unspecified atom stereocenters. The third-order valence-corrected chi connectivity index (χ3v) is 18.2. The number of nitrogens with one attached hydrogen (secondary N) is 1. The fraction of sp³-hybridized carbons (Fsp3) is 0.766. The summed E-state index contributed by atoms with van der Waals surface area (Å²) >= 11 is 0. The molecule has 9 fully saturated rings. The Morgan fingerprint density at radius 3 is 2.67 bits per heavy atom. The van der Waals surface area contributed by atoms with E-state index in [1.165, 1.54) is 69.9 Å². The molecule has 296 valence electrons. The van der Waals surface area contributed by atoms with Gasteiger partial charge in [-0.3, -0.25) is 14.5 Å². The van der Waals surface area contributed by atoms with E-state index in [-0.39, 0.29) is 29.7 Å². The van der Waals surface area contributed by atoms with Crippen molar-refractivity contribution in [3.05, 3.63) is 46.5 Å². The number of nitrogens with zero attached hydrogens (tertiary/aromatic N) is 1. The monoisotopic (exact) mass is 750 g/mol. The number of carbonyl (C=O) groups is 3. The molecule has 8 heteroatoms. The molecule has 13 aliphatic rings. The number of hydrogen-bond donors (Lipinski definition) is 2. The van der Waals surface area contributed by atoms with Gasteiger partial charge in [0, 0.05) is 67.1 Å². The quantitative estimate of drug-likeness (QED) is 0.291. The van der Waals surface area contributed by atoms with Gasteiger partial charge in [0.15, 0.2) is 17.5 Å². The van der Waals surface area contributed by atoms with E-state index in [4.69, 9.17) is 15.2 Å². The molecule has 3 N–H and O–H groups in total. The number of hydrogen-bond acceptors (Lipinski definition) is 7. The van der Waals surface area contributed by atoms with Gasteiger partial charge in [0.2, 0.25) is 0 Å². The molecule has 14 rings (SSSR count). The van der Waals surface area contributed by atoms with Gasteiger partial charge in [-0.15, -0.1) is 0 Å². The number of ether oxygens (including phenoxy) is 2. The Bertz CT molecular complexity index is 1820. The molecule has 9 aliphatic heterocycles. The van der Waals surface area contributed by atoms with E-state index in [1.807, 2.05) is 11.0 Å². The fourth-order valence-electron chi connectivity index (χ4n) is 16.7. The second-order valence-corrected chi connectivity index (χ2v) is 20.6. The fourth-order valence-corrected chi connectivity index (χ4v) is 16.7. The molecule has 0 radical (unpaired) electrons. The predicted molar refractivity (Wildman–Crippen MR) is 208 cm³/mol. The molecule has 8 nitrogen and oxygen atoms in total. The van der Waals surface area contributed by atoms with Crippen molar-refractivity contribution in [3.8, 4) is 0 Å². The van der Waals surface area contributed by atoms with Gasteiger partial charge in [0.25, 0.3) is 0 Å². The van der Waals surface area contributed by atoms with Gasteiger partial charge in [-0.2, -0.15) is 0 Å². The third kappa shape index (κ3) is 4.54. The lowest BCUT2D eigenvalue weighted by molar-refractivity contribution is -0.976. The van der Waals surface area contributed by atoms with Crippen molar-refractivity contribution >= 4 is 17.7 Å². The Morgan fingerprint density at radius 1 is 1.00 bits per heavy atom. The minimum atomic E-state index is -1.08. The van der Waals surface area contributed by atoms with Gasteiger partial charge < -0.3 is 20.1 Å². The Kier molecular flexibility index (Phi) is 8.24. The van der Waals surface area contributed by atoms with Crippen LogP contribution in [0.4, 0.5) is 0 Å². The van der Waals surface area contributed by atoms with Gasteiger partial charge in [-0.05, 0) is 94.6 Å². The van der Waals surface area contributed by atoms with Crippen molar-refractivity contribution < 1.29 is 28.8 Å². The smallest absolute Gasteiger partial charge is 0.339 e. The second-order valence-electron chi connectivity index (χ2n) is 20.6. The topological polar surface area (TPSA) is 103 Å². The highest BCUT2D eigenvalue weighted by Gasteiger charge is 2.92. The minimum absolute atomic E-state index is 0.0741. The summed E-state index contributed by atoms with van der Waals surface area (Å²) in [5.41, 5.74) is 6.95. The van der Waals surface area contributed by atoms with Crippen LogP contribution in [0.3, 0.4) is 0 Å². The van der Waals surface area contributed by atoms with Crippen molar-refractivity contribution in [2.24, 2.45) is 58.0 Å². The number of esters is 2. The van der Waals surface area contributed by atoms with Crippen LogP contribution in [0.2, 0.25) is 0 Å². The second kappa shape index (κ2) is 12.7. The molecular weight excluding hydrogens is 687 g/mol. The molecular formula is C47H64N3O5+. The lowest BCUT2D eigenvalue weighted by atomic mass is 9.30. The van der Waals surface area contributed by atoms with Crippen molar-refractivity contribution in [3.63, 3.8) is 0 Å². The van der Waals surface area contributed by atoms with Crippen molar-refractivity contribution in [1.82, 2.24) is 4.90 Å². The number of ketones is 1. The van der Waals surface area contributed by atoms with E-state index in [1.54, 1.807) is 0 Å². The lowest BCUT2D eigenvalue weighted by Crippen LogP contribution is -3.24. The van der Waals surface area contributed by atoms with E-state index in [0.717, 1.165) is 55.8 Å². The lowest BCUT2D eigenvalue weighted by Gasteiger charge is -2.70. The number of nitrogens with two attached hydrogens (primary N) is 1. The number of Topliss-reactive ketones (excluding diaryl/α,β-unsaturated/α-hetero) is 1. The highest BCUT2D eigenvalue weighted by Crippen LogP contribution is 2.83. The summed E-state index contributed by atoms with van der Waals surface area (Å²) in [7, 11) is 0. The van der Waals surface area contributed by atoms with Crippen LogP contribution >= 0.6 is 0 Å². The number of benzene rings is 1.